The Morgan fingerprint density at radius 1 is 1.21 bits per heavy atom. The van der Waals surface area contributed by atoms with E-state index in [4.69, 9.17) is 5.73 Å². The zero-order chi connectivity index (χ0) is 14.8. The van der Waals surface area contributed by atoms with Crippen LogP contribution in [0.2, 0.25) is 0 Å². The molecule has 2 N–H and O–H groups in total. The van der Waals surface area contributed by atoms with Crippen LogP contribution in [0.4, 0.5) is 0 Å². The van der Waals surface area contributed by atoms with Gasteiger partial charge in [-0.1, -0.05) is 13.3 Å². The maximum Gasteiger partial charge on any atom is 0.305 e. The lowest BCUT2D eigenvalue weighted by atomic mass is 10.0. The minimum Gasteiger partial charge on any atom is -0.469 e. The zero-order valence-corrected chi connectivity index (χ0v) is 12.6. The van der Waals surface area contributed by atoms with Crippen LogP contribution in [-0.2, 0) is 14.3 Å². The molecular formula is C14H28N2O3. The van der Waals surface area contributed by atoms with E-state index in [0.717, 1.165) is 19.3 Å². The number of hydrogen-bond donors (Lipinski definition) is 1. The van der Waals surface area contributed by atoms with Crippen LogP contribution < -0.4 is 5.73 Å². The summed E-state index contributed by atoms with van der Waals surface area (Å²) in [5.41, 5.74) is 5.68. The van der Waals surface area contributed by atoms with Crippen LogP contribution in [-0.4, -0.2) is 43.5 Å². The van der Waals surface area contributed by atoms with E-state index in [1.54, 1.807) is 11.9 Å². The highest BCUT2D eigenvalue weighted by molar-refractivity contribution is 5.78. The Morgan fingerprint density at radius 3 is 2.37 bits per heavy atom. The van der Waals surface area contributed by atoms with Crippen LogP contribution in [0.25, 0.3) is 0 Å². The van der Waals surface area contributed by atoms with Crippen LogP contribution in [0.3, 0.4) is 0 Å². The van der Waals surface area contributed by atoms with Crippen LogP contribution in [0.5, 0.6) is 0 Å². The van der Waals surface area contributed by atoms with Gasteiger partial charge in [0.05, 0.1) is 7.11 Å². The Balaban J connectivity index is 3.87. The molecule has 0 aliphatic carbocycles. The van der Waals surface area contributed by atoms with Crippen molar-refractivity contribution in [3.05, 3.63) is 0 Å². The van der Waals surface area contributed by atoms with Gasteiger partial charge in [0.2, 0.25) is 5.91 Å². The Labute approximate surface area is 116 Å². The molecule has 2 unspecified atom stereocenters. The van der Waals surface area contributed by atoms with E-state index in [1.165, 1.54) is 7.11 Å². The number of amides is 1. The standard InChI is InChI=1S/C14H28N2O3/c1-11(7-5-8-12(2)15)14(18)16(3)10-6-9-13(17)19-4/h11-12H,5-10,15H2,1-4H3. The Bertz CT molecular complexity index is 280. The van der Waals surface area contributed by atoms with Gasteiger partial charge < -0.3 is 15.4 Å². The van der Waals surface area contributed by atoms with Crippen molar-refractivity contribution in [1.29, 1.82) is 0 Å². The normalized spacial score (nSPS) is 13.7. The Kier molecular flexibility index (Phi) is 9.21. The molecule has 0 rings (SSSR count). The van der Waals surface area contributed by atoms with E-state index >= 15 is 0 Å². The van der Waals surface area contributed by atoms with Gasteiger partial charge in [0.25, 0.3) is 0 Å². The predicted molar refractivity (Wildman–Crippen MR) is 75.6 cm³/mol. The molecule has 0 aromatic carbocycles. The van der Waals surface area contributed by atoms with Crippen LogP contribution >= 0.6 is 0 Å². The summed E-state index contributed by atoms with van der Waals surface area (Å²) in [6.07, 6.45) is 3.78. The van der Waals surface area contributed by atoms with Crippen molar-refractivity contribution >= 4 is 11.9 Å². The lowest BCUT2D eigenvalue weighted by molar-refractivity contribution is -0.141. The van der Waals surface area contributed by atoms with E-state index in [0.29, 0.717) is 19.4 Å². The molecule has 0 fully saturated rings. The van der Waals surface area contributed by atoms with Crippen molar-refractivity contribution in [2.24, 2.45) is 11.7 Å². The van der Waals surface area contributed by atoms with E-state index < -0.39 is 0 Å². The van der Waals surface area contributed by atoms with Crippen LogP contribution in [0.15, 0.2) is 0 Å². The number of esters is 1. The number of ether oxygens (including phenoxy) is 1. The van der Waals surface area contributed by atoms with Crippen molar-refractivity contribution in [2.45, 2.75) is 52.0 Å². The summed E-state index contributed by atoms with van der Waals surface area (Å²) in [5, 5.41) is 0. The van der Waals surface area contributed by atoms with Gasteiger partial charge >= 0.3 is 5.97 Å². The maximum absolute atomic E-state index is 12.0. The van der Waals surface area contributed by atoms with E-state index in [-0.39, 0.29) is 23.8 Å². The fourth-order valence-corrected chi connectivity index (χ4v) is 1.92. The first-order chi connectivity index (χ1) is 8.88. The molecule has 2 atom stereocenters. The molecule has 0 radical (unpaired) electrons. The lowest BCUT2D eigenvalue weighted by Gasteiger charge is -2.21. The summed E-state index contributed by atoms with van der Waals surface area (Å²) in [4.78, 5) is 24.7. The van der Waals surface area contributed by atoms with Gasteiger partial charge in [-0.3, -0.25) is 9.59 Å². The van der Waals surface area contributed by atoms with Crippen molar-refractivity contribution < 1.29 is 14.3 Å². The second-order valence-electron chi connectivity index (χ2n) is 5.25. The molecule has 0 aliphatic heterocycles. The van der Waals surface area contributed by atoms with Gasteiger partial charge in [0.15, 0.2) is 0 Å². The fourth-order valence-electron chi connectivity index (χ4n) is 1.92. The fraction of sp³-hybridized carbons (Fsp3) is 0.857. The van der Waals surface area contributed by atoms with Gasteiger partial charge in [-0.15, -0.1) is 0 Å². The molecule has 0 saturated heterocycles. The van der Waals surface area contributed by atoms with Crippen molar-refractivity contribution in [1.82, 2.24) is 4.90 Å². The molecule has 0 aromatic heterocycles. The first-order valence-electron chi connectivity index (χ1n) is 6.95. The van der Waals surface area contributed by atoms with Crippen molar-refractivity contribution in [2.75, 3.05) is 20.7 Å². The summed E-state index contributed by atoms with van der Waals surface area (Å²) in [6.45, 7) is 4.51. The minimum atomic E-state index is -0.231. The van der Waals surface area contributed by atoms with E-state index in [1.807, 2.05) is 13.8 Å². The quantitative estimate of drug-likeness (QED) is 0.646. The molecule has 0 spiro atoms. The lowest BCUT2D eigenvalue weighted by Crippen LogP contribution is -2.33. The molecule has 0 aromatic rings. The third-order valence-electron chi connectivity index (χ3n) is 3.20. The van der Waals surface area contributed by atoms with E-state index in [2.05, 4.69) is 4.74 Å². The predicted octanol–water partition coefficient (Wildman–Crippen LogP) is 1.55. The molecule has 0 aliphatic rings. The molecule has 112 valence electrons. The van der Waals surface area contributed by atoms with Crippen LogP contribution in [0, 0.1) is 5.92 Å². The molecule has 0 saturated carbocycles. The third kappa shape index (κ3) is 8.59. The SMILES string of the molecule is COC(=O)CCCN(C)C(=O)C(C)CCCC(C)N. The molecular weight excluding hydrogens is 244 g/mol. The van der Waals surface area contributed by atoms with Crippen molar-refractivity contribution in [3.8, 4) is 0 Å². The summed E-state index contributed by atoms with van der Waals surface area (Å²) >= 11 is 0. The highest BCUT2D eigenvalue weighted by Gasteiger charge is 2.17. The van der Waals surface area contributed by atoms with Crippen LogP contribution in [0.1, 0.15) is 46.0 Å². The number of nitrogens with two attached hydrogens (primary N) is 1. The molecule has 19 heavy (non-hydrogen) atoms. The summed E-state index contributed by atoms with van der Waals surface area (Å²) < 4.78 is 4.56. The highest BCUT2D eigenvalue weighted by Crippen LogP contribution is 2.12. The Hall–Kier alpha value is -1.10. The molecule has 5 nitrogen and oxygen atoms in total. The smallest absolute Gasteiger partial charge is 0.305 e. The second kappa shape index (κ2) is 9.78. The molecule has 0 bridgehead atoms. The average Bonchev–Trinajstić information content (AvgIpc) is 2.36. The number of methoxy groups -OCH3 is 1. The van der Waals surface area contributed by atoms with Gasteiger partial charge in [0, 0.05) is 32.0 Å². The topological polar surface area (TPSA) is 72.6 Å². The molecule has 0 heterocycles. The van der Waals surface area contributed by atoms with Gasteiger partial charge in [0.1, 0.15) is 0 Å². The highest BCUT2D eigenvalue weighted by atomic mass is 16.5. The van der Waals surface area contributed by atoms with Gasteiger partial charge in [-0.25, -0.2) is 0 Å². The summed E-state index contributed by atoms with van der Waals surface area (Å²) in [6, 6.07) is 0.195. The number of hydrogen-bond acceptors (Lipinski definition) is 4. The second-order valence-corrected chi connectivity index (χ2v) is 5.25. The first-order valence-corrected chi connectivity index (χ1v) is 6.95. The first kappa shape index (κ1) is 17.9. The van der Waals surface area contributed by atoms with Gasteiger partial charge in [-0.2, -0.15) is 0 Å². The number of carbonyl (C=O) groups excluding carboxylic acids is 2. The van der Waals surface area contributed by atoms with E-state index in [9.17, 15) is 9.59 Å². The zero-order valence-electron chi connectivity index (χ0n) is 12.6. The largest absolute Gasteiger partial charge is 0.469 e. The average molecular weight is 272 g/mol. The Morgan fingerprint density at radius 2 is 1.84 bits per heavy atom. The number of rotatable bonds is 9. The third-order valence-corrected chi connectivity index (χ3v) is 3.20. The van der Waals surface area contributed by atoms with Gasteiger partial charge in [-0.05, 0) is 26.2 Å². The maximum atomic E-state index is 12.0. The summed E-state index contributed by atoms with van der Waals surface area (Å²) in [7, 11) is 3.15. The summed E-state index contributed by atoms with van der Waals surface area (Å²) in [5.74, 6) is -0.0813. The molecule has 5 heteroatoms. The molecule has 1 amide bonds. The number of carbonyl (C=O) groups is 2. The monoisotopic (exact) mass is 272 g/mol. The van der Waals surface area contributed by atoms with Crippen molar-refractivity contribution in [3.63, 3.8) is 0 Å². The number of nitrogens with zero attached hydrogens (tertiary/aromatic N) is 1. The minimum absolute atomic E-state index is 0.0156.